The molecule has 136 valence electrons. The lowest BCUT2D eigenvalue weighted by atomic mass is 10.1. The van der Waals surface area contributed by atoms with Crippen LogP contribution in [0.1, 0.15) is 16.7 Å². The molecule has 2 N–H and O–H groups in total. The van der Waals surface area contributed by atoms with Crippen molar-refractivity contribution in [2.45, 2.75) is 11.9 Å². The number of phenols is 2. The smallest absolute Gasteiger partial charge is 0.416 e. The Morgan fingerprint density at radius 3 is 2.38 bits per heavy atom. The Kier molecular flexibility index (Phi) is 5.28. The first kappa shape index (κ1) is 19.3. The molecule has 2 aromatic carbocycles. The van der Waals surface area contributed by atoms with E-state index in [2.05, 4.69) is 0 Å². The van der Waals surface area contributed by atoms with Gasteiger partial charge in [0.1, 0.15) is 11.0 Å². The summed E-state index contributed by atoms with van der Waals surface area (Å²) in [6.45, 7) is 0. The monoisotopic (exact) mass is 383 g/mol. The summed E-state index contributed by atoms with van der Waals surface area (Å²) in [7, 11) is -4.22. The van der Waals surface area contributed by atoms with Gasteiger partial charge in [-0.15, -0.1) is 0 Å². The van der Waals surface area contributed by atoms with Gasteiger partial charge in [0, 0.05) is 0 Å². The van der Waals surface area contributed by atoms with Crippen LogP contribution in [0.5, 0.6) is 11.5 Å². The van der Waals surface area contributed by atoms with Crippen molar-refractivity contribution >= 4 is 15.9 Å². The molecule has 0 unspecified atom stereocenters. The Hall–Kier alpha value is -2.99. The third-order valence-corrected chi connectivity index (χ3v) is 4.95. The van der Waals surface area contributed by atoms with Crippen LogP contribution in [0.2, 0.25) is 0 Å². The Bertz CT molecular complexity index is 1010. The number of halogens is 3. The SMILES string of the molecule is N#CC(=Cc1ccc(O)c(O)c1)S(=O)(=O)Cc1cccc(C(F)(F)F)c1. The zero-order valence-electron chi connectivity index (χ0n) is 13.0. The van der Waals surface area contributed by atoms with Gasteiger partial charge < -0.3 is 10.2 Å². The van der Waals surface area contributed by atoms with Crippen LogP contribution in [-0.2, 0) is 21.8 Å². The van der Waals surface area contributed by atoms with Crippen LogP contribution in [0.15, 0.2) is 47.4 Å². The first-order chi connectivity index (χ1) is 12.0. The van der Waals surface area contributed by atoms with Gasteiger partial charge in [-0.25, -0.2) is 8.42 Å². The van der Waals surface area contributed by atoms with Crippen LogP contribution >= 0.6 is 0 Å². The quantitative estimate of drug-likeness (QED) is 0.621. The molecule has 0 aliphatic rings. The number of hydrogen-bond acceptors (Lipinski definition) is 5. The molecule has 0 aliphatic heterocycles. The van der Waals surface area contributed by atoms with Crippen molar-refractivity contribution < 1.29 is 31.8 Å². The highest BCUT2D eigenvalue weighted by Gasteiger charge is 2.31. The molecule has 26 heavy (non-hydrogen) atoms. The minimum absolute atomic E-state index is 0.116. The van der Waals surface area contributed by atoms with Gasteiger partial charge in [0.2, 0.25) is 0 Å². The van der Waals surface area contributed by atoms with Crippen molar-refractivity contribution in [2.75, 3.05) is 0 Å². The molecule has 0 bridgehead atoms. The fourth-order valence-corrected chi connectivity index (χ4v) is 3.34. The fraction of sp³-hybridized carbons (Fsp3) is 0.118. The first-order valence-corrected chi connectivity index (χ1v) is 8.71. The van der Waals surface area contributed by atoms with Gasteiger partial charge in [-0.1, -0.05) is 24.3 Å². The number of nitriles is 1. The van der Waals surface area contributed by atoms with E-state index >= 15 is 0 Å². The second kappa shape index (κ2) is 7.09. The molecular formula is C17H12F3NO4S. The average molecular weight is 383 g/mol. The van der Waals surface area contributed by atoms with Crippen molar-refractivity contribution in [3.63, 3.8) is 0 Å². The van der Waals surface area contributed by atoms with Gasteiger partial charge in [0.15, 0.2) is 21.3 Å². The predicted molar refractivity (Wildman–Crippen MR) is 87.4 cm³/mol. The number of allylic oxidation sites excluding steroid dienone is 1. The van der Waals surface area contributed by atoms with E-state index in [-0.39, 0.29) is 11.1 Å². The van der Waals surface area contributed by atoms with Crippen molar-refractivity contribution in [3.8, 4) is 17.6 Å². The van der Waals surface area contributed by atoms with Crippen molar-refractivity contribution in [3.05, 3.63) is 64.1 Å². The van der Waals surface area contributed by atoms with Gasteiger partial charge in [-0.05, 0) is 35.4 Å². The van der Waals surface area contributed by atoms with E-state index in [9.17, 15) is 31.8 Å². The van der Waals surface area contributed by atoms with E-state index in [0.29, 0.717) is 6.07 Å². The molecule has 0 aromatic heterocycles. The number of alkyl halides is 3. The van der Waals surface area contributed by atoms with Gasteiger partial charge in [0.25, 0.3) is 0 Å². The zero-order valence-corrected chi connectivity index (χ0v) is 13.8. The predicted octanol–water partition coefficient (Wildman–Crippen LogP) is 3.60. The molecule has 2 rings (SSSR count). The summed E-state index contributed by atoms with van der Waals surface area (Å²) in [5, 5.41) is 27.8. The summed E-state index contributed by atoms with van der Waals surface area (Å²) in [4.78, 5) is -0.681. The second-order valence-corrected chi connectivity index (χ2v) is 7.28. The third kappa shape index (κ3) is 4.55. The van der Waals surface area contributed by atoms with Crippen LogP contribution in [0, 0.1) is 11.3 Å². The van der Waals surface area contributed by atoms with E-state index in [1.54, 1.807) is 0 Å². The summed E-state index contributed by atoms with van der Waals surface area (Å²) < 4.78 is 62.9. The van der Waals surface area contributed by atoms with E-state index in [0.717, 1.165) is 30.3 Å². The zero-order chi connectivity index (χ0) is 19.5. The molecule has 0 saturated heterocycles. The maximum atomic E-state index is 12.7. The maximum Gasteiger partial charge on any atom is 0.416 e. The molecule has 0 spiro atoms. The molecule has 0 atom stereocenters. The number of sulfone groups is 1. The molecule has 5 nitrogen and oxygen atoms in total. The molecule has 0 aliphatic carbocycles. The second-order valence-electron chi connectivity index (χ2n) is 5.33. The Morgan fingerprint density at radius 2 is 1.81 bits per heavy atom. The van der Waals surface area contributed by atoms with E-state index in [4.69, 9.17) is 5.26 Å². The number of rotatable bonds is 4. The average Bonchev–Trinajstić information content (AvgIpc) is 2.54. The summed E-state index contributed by atoms with van der Waals surface area (Å²) in [5.74, 6) is -1.72. The maximum absolute atomic E-state index is 12.7. The largest absolute Gasteiger partial charge is 0.504 e. The highest BCUT2D eigenvalue weighted by atomic mass is 32.2. The number of phenolic OH excluding ortho intramolecular Hbond substituents is 2. The van der Waals surface area contributed by atoms with Crippen LogP contribution < -0.4 is 0 Å². The molecule has 0 radical (unpaired) electrons. The van der Waals surface area contributed by atoms with Gasteiger partial charge >= 0.3 is 6.18 Å². The lowest BCUT2D eigenvalue weighted by Gasteiger charge is -2.09. The Morgan fingerprint density at radius 1 is 1.12 bits per heavy atom. The number of nitrogens with zero attached hydrogens (tertiary/aromatic N) is 1. The van der Waals surface area contributed by atoms with Gasteiger partial charge in [-0.2, -0.15) is 18.4 Å². The Balaban J connectivity index is 2.37. The van der Waals surface area contributed by atoms with Gasteiger partial charge in [-0.3, -0.25) is 0 Å². The Labute approximate surface area is 147 Å². The van der Waals surface area contributed by atoms with Gasteiger partial charge in [0.05, 0.1) is 11.3 Å². The standard InChI is InChI=1S/C17H12F3NO4S/c18-17(19,20)13-3-1-2-12(6-13)10-26(24,25)14(9-21)7-11-4-5-15(22)16(23)8-11/h1-8,22-23H,10H2. The lowest BCUT2D eigenvalue weighted by molar-refractivity contribution is -0.137. The van der Waals surface area contributed by atoms with Crippen molar-refractivity contribution in [1.29, 1.82) is 5.26 Å². The molecule has 2 aromatic rings. The molecule has 9 heteroatoms. The first-order valence-electron chi connectivity index (χ1n) is 7.05. The summed E-state index contributed by atoms with van der Waals surface area (Å²) in [6.07, 6.45) is -3.65. The number of aromatic hydroxyl groups is 2. The highest BCUT2D eigenvalue weighted by molar-refractivity contribution is 7.95. The molecular weight excluding hydrogens is 371 g/mol. The highest BCUT2D eigenvalue weighted by Crippen LogP contribution is 2.31. The van der Waals surface area contributed by atoms with Crippen LogP contribution in [0.25, 0.3) is 6.08 Å². The van der Waals surface area contributed by atoms with E-state index < -0.39 is 43.7 Å². The molecule has 0 fully saturated rings. The minimum Gasteiger partial charge on any atom is -0.504 e. The summed E-state index contributed by atoms with van der Waals surface area (Å²) in [6, 6.07) is 8.75. The minimum atomic E-state index is -4.61. The van der Waals surface area contributed by atoms with E-state index in [1.807, 2.05) is 0 Å². The lowest BCUT2D eigenvalue weighted by Crippen LogP contribution is -2.09. The van der Waals surface area contributed by atoms with Crippen LogP contribution in [0.4, 0.5) is 13.2 Å². The number of benzene rings is 2. The molecule has 0 heterocycles. The molecule has 0 saturated carbocycles. The topological polar surface area (TPSA) is 98.4 Å². The van der Waals surface area contributed by atoms with Crippen molar-refractivity contribution in [1.82, 2.24) is 0 Å². The molecule has 0 amide bonds. The third-order valence-electron chi connectivity index (χ3n) is 3.35. The fourth-order valence-electron chi connectivity index (χ4n) is 2.11. The number of hydrogen-bond donors (Lipinski definition) is 2. The van der Waals surface area contributed by atoms with Crippen molar-refractivity contribution in [2.24, 2.45) is 0 Å². The van der Waals surface area contributed by atoms with E-state index in [1.165, 1.54) is 18.2 Å². The normalized spacial score (nSPS) is 12.6. The van der Waals surface area contributed by atoms with Crippen LogP contribution in [-0.4, -0.2) is 18.6 Å². The van der Waals surface area contributed by atoms with Crippen LogP contribution in [0.3, 0.4) is 0 Å². The summed E-state index contributed by atoms with van der Waals surface area (Å²) in [5.41, 5.74) is -0.977. The summed E-state index contributed by atoms with van der Waals surface area (Å²) >= 11 is 0.